The minimum absolute atomic E-state index is 0.0715. The van der Waals surface area contributed by atoms with E-state index in [-0.39, 0.29) is 23.9 Å². The van der Waals surface area contributed by atoms with Crippen LogP contribution in [0.2, 0.25) is 0 Å². The number of amides is 1. The highest BCUT2D eigenvalue weighted by Crippen LogP contribution is 2.43. The maximum Gasteiger partial charge on any atom is 0.234 e. The molecule has 1 aliphatic heterocycles. The molecule has 0 radical (unpaired) electrons. The third kappa shape index (κ3) is 4.34. The maximum atomic E-state index is 14.1. The Balaban J connectivity index is 1.59. The molecule has 1 aliphatic carbocycles. The lowest BCUT2D eigenvalue weighted by atomic mass is 10.1. The molecule has 2 aromatic rings. The van der Waals surface area contributed by atoms with Gasteiger partial charge in [0.05, 0.1) is 19.0 Å². The molecule has 2 aromatic carbocycles. The van der Waals surface area contributed by atoms with Crippen LogP contribution in [-0.2, 0) is 11.3 Å². The first-order valence-corrected chi connectivity index (χ1v) is 10.8. The summed E-state index contributed by atoms with van der Waals surface area (Å²) >= 11 is 1.49. The Labute approximate surface area is 173 Å². The number of ether oxygens (including phenoxy) is 2. The van der Waals surface area contributed by atoms with Crippen LogP contribution < -0.4 is 9.47 Å². The van der Waals surface area contributed by atoms with E-state index >= 15 is 0 Å². The second kappa shape index (κ2) is 8.61. The normalized spacial score (nSPS) is 19.8. The van der Waals surface area contributed by atoms with Crippen molar-refractivity contribution in [2.24, 2.45) is 0 Å². The monoisotopic (exact) mass is 419 g/mol. The molecule has 0 bridgehead atoms. The quantitative estimate of drug-likeness (QED) is 0.655. The van der Waals surface area contributed by atoms with E-state index < -0.39 is 11.6 Å². The number of benzene rings is 2. The molecule has 1 saturated heterocycles. The Bertz CT molecular complexity index is 902. The highest BCUT2D eigenvalue weighted by Gasteiger charge is 2.34. The molecule has 1 amide bonds. The molecule has 1 heterocycles. The second-order valence-electron chi connectivity index (χ2n) is 7.36. The Morgan fingerprint density at radius 3 is 2.62 bits per heavy atom. The minimum Gasteiger partial charge on any atom is -0.493 e. The molecular weight excluding hydrogens is 396 g/mol. The number of halogens is 2. The molecule has 0 N–H and O–H groups in total. The van der Waals surface area contributed by atoms with Gasteiger partial charge in [0.15, 0.2) is 11.5 Å². The van der Waals surface area contributed by atoms with Gasteiger partial charge in [0, 0.05) is 18.2 Å². The predicted molar refractivity (Wildman–Crippen MR) is 108 cm³/mol. The van der Waals surface area contributed by atoms with E-state index in [1.807, 2.05) is 18.2 Å². The van der Waals surface area contributed by atoms with Gasteiger partial charge in [-0.1, -0.05) is 12.1 Å². The third-order valence-corrected chi connectivity index (χ3v) is 6.65. The highest BCUT2D eigenvalue weighted by atomic mass is 32.2. The third-order valence-electron chi connectivity index (χ3n) is 5.39. The second-order valence-corrected chi connectivity index (χ2v) is 8.42. The highest BCUT2D eigenvalue weighted by molar-refractivity contribution is 8.00. The predicted octanol–water partition coefficient (Wildman–Crippen LogP) is 5.07. The molecule has 4 rings (SSSR count). The number of methoxy groups -OCH3 is 1. The van der Waals surface area contributed by atoms with Crippen molar-refractivity contribution in [3.05, 3.63) is 59.2 Å². The lowest BCUT2D eigenvalue weighted by Crippen LogP contribution is -2.28. The first-order chi connectivity index (χ1) is 14.0. The molecule has 1 unspecified atom stereocenters. The minimum atomic E-state index is -0.645. The van der Waals surface area contributed by atoms with Gasteiger partial charge in [0.25, 0.3) is 0 Å². The zero-order valence-corrected chi connectivity index (χ0v) is 17.0. The average molecular weight is 419 g/mol. The largest absolute Gasteiger partial charge is 0.493 e. The summed E-state index contributed by atoms with van der Waals surface area (Å²) in [5.41, 5.74) is 1.19. The van der Waals surface area contributed by atoms with Crippen molar-refractivity contribution in [2.45, 2.75) is 43.7 Å². The molecule has 0 spiro atoms. The summed E-state index contributed by atoms with van der Waals surface area (Å²) in [5, 5.41) is -0.260. The zero-order valence-electron chi connectivity index (χ0n) is 16.2. The number of hydrogen-bond acceptors (Lipinski definition) is 4. The SMILES string of the molecule is COc1ccc(C2SCC(=O)N2Cc2ccc(F)cc2F)cc1OC1CCCC1. The summed E-state index contributed by atoms with van der Waals surface area (Å²) in [7, 11) is 1.61. The van der Waals surface area contributed by atoms with Gasteiger partial charge in [-0.2, -0.15) is 0 Å². The number of hydrogen-bond donors (Lipinski definition) is 0. The molecule has 2 fully saturated rings. The average Bonchev–Trinajstić information content (AvgIpc) is 3.34. The van der Waals surface area contributed by atoms with E-state index in [4.69, 9.17) is 9.47 Å². The van der Waals surface area contributed by atoms with Crippen molar-refractivity contribution in [3.8, 4) is 11.5 Å². The molecule has 2 aliphatic rings. The number of carbonyl (C=O) groups is 1. The molecule has 1 saturated carbocycles. The van der Waals surface area contributed by atoms with Gasteiger partial charge in [-0.3, -0.25) is 4.79 Å². The van der Waals surface area contributed by atoms with E-state index in [1.165, 1.54) is 23.9 Å². The number of thioether (sulfide) groups is 1. The fourth-order valence-corrected chi connectivity index (χ4v) is 5.04. The van der Waals surface area contributed by atoms with E-state index in [1.54, 1.807) is 12.0 Å². The Morgan fingerprint density at radius 1 is 1.10 bits per heavy atom. The van der Waals surface area contributed by atoms with Crippen molar-refractivity contribution in [1.82, 2.24) is 4.90 Å². The van der Waals surface area contributed by atoms with Gasteiger partial charge in [0.2, 0.25) is 5.91 Å². The summed E-state index contributed by atoms with van der Waals surface area (Å²) < 4.78 is 39.0. The Kier molecular flexibility index (Phi) is 5.94. The van der Waals surface area contributed by atoms with Crippen molar-refractivity contribution in [1.29, 1.82) is 0 Å². The topological polar surface area (TPSA) is 38.8 Å². The van der Waals surface area contributed by atoms with E-state index in [9.17, 15) is 13.6 Å². The van der Waals surface area contributed by atoms with Crippen LogP contribution in [-0.4, -0.2) is 29.8 Å². The van der Waals surface area contributed by atoms with Gasteiger partial charge in [-0.15, -0.1) is 11.8 Å². The Morgan fingerprint density at radius 2 is 1.90 bits per heavy atom. The fourth-order valence-electron chi connectivity index (χ4n) is 3.86. The lowest BCUT2D eigenvalue weighted by Gasteiger charge is -2.25. The summed E-state index contributed by atoms with van der Waals surface area (Å²) in [6.07, 6.45) is 4.56. The van der Waals surface area contributed by atoms with Gasteiger partial charge < -0.3 is 14.4 Å². The van der Waals surface area contributed by atoms with E-state index in [2.05, 4.69) is 0 Å². The molecular formula is C22H23F2NO3S. The molecule has 1 atom stereocenters. The smallest absolute Gasteiger partial charge is 0.234 e. The zero-order chi connectivity index (χ0) is 20.4. The van der Waals surface area contributed by atoms with Crippen LogP contribution in [0.25, 0.3) is 0 Å². The first kappa shape index (κ1) is 20.0. The van der Waals surface area contributed by atoms with Crippen molar-refractivity contribution < 1.29 is 23.0 Å². The fraction of sp³-hybridized carbons (Fsp3) is 0.409. The molecule has 154 valence electrons. The van der Waals surface area contributed by atoms with Gasteiger partial charge >= 0.3 is 0 Å². The molecule has 4 nitrogen and oxygen atoms in total. The lowest BCUT2D eigenvalue weighted by molar-refractivity contribution is -0.128. The standard InChI is InChI=1S/C22H23F2NO3S/c1-27-19-9-7-14(10-20(19)28-17-4-2-3-5-17)22-25(21(26)13-29-22)12-15-6-8-16(23)11-18(15)24/h6-11,17,22H,2-5,12-13H2,1H3. The van der Waals surface area contributed by atoms with Crippen molar-refractivity contribution in [3.63, 3.8) is 0 Å². The van der Waals surface area contributed by atoms with Crippen LogP contribution in [0.15, 0.2) is 36.4 Å². The number of carbonyl (C=O) groups excluding carboxylic acids is 1. The van der Waals surface area contributed by atoms with Crippen LogP contribution in [0, 0.1) is 11.6 Å². The molecule has 7 heteroatoms. The summed E-state index contributed by atoms with van der Waals surface area (Å²) in [6.45, 7) is 0.0907. The van der Waals surface area contributed by atoms with Gasteiger partial charge in [-0.25, -0.2) is 8.78 Å². The van der Waals surface area contributed by atoms with E-state index in [0.717, 1.165) is 37.3 Å². The molecule has 0 aromatic heterocycles. The van der Waals surface area contributed by atoms with E-state index in [0.29, 0.717) is 22.8 Å². The summed E-state index contributed by atoms with van der Waals surface area (Å²) in [6, 6.07) is 9.12. The van der Waals surface area contributed by atoms with Crippen molar-refractivity contribution >= 4 is 17.7 Å². The van der Waals surface area contributed by atoms with Crippen LogP contribution in [0.1, 0.15) is 42.2 Å². The van der Waals surface area contributed by atoms with Crippen LogP contribution in [0.5, 0.6) is 11.5 Å². The van der Waals surface area contributed by atoms with Gasteiger partial charge in [0.1, 0.15) is 17.0 Å². The van der Waals surface area contributed by atoms with Crippen LogP contribution >= 0.6 is 11.8 Å². The Hall–Kier alpha value is -2.28. The number of nitrogens with zero attached hydrogens (tertiary/aromatic N) is 1. The molecule has 29 heavy (non-hydrogen) atoms. The summed E-state index contributed by atoms with van der Waals surface area (Å²) in [5.74, 6) is 0.300. The summed E-state index contributed by atoms with van der Waals surface area (Å²) in [4.78, 5) is 14.1. The number of rotatable bonds is 6. The maximum absolute atomic E-state index is 14.1. The van der Waals surface area contributed by atoms with Crippen molar-refractivity contribution in [2.75, 3.05) is 12.9 Å². The first-order valence-electron chi connectivity index (χ1n) is 9.75. The van der Waals surface area contributed by atoms with Gasteiger partial charge in [-0.05, 0) is 49.4 Å². The van der Waals surface area contributed by atoms with Crippen LogP contribution in [0.4, 0.5) is 8.78 Å². The van der Waals surface area contributed by atoms with Crippen LogP contribution in [0.3, 0.4) is 0 Å².